The number of amides is 1. The van der Waals surface area contributed by atoms with E-state index in [2.05, 4.69) is 76.4 Å². The van der Waals surface area contributed by atoms with Crippen molar-refractivity contribution in [3.63, 3.8) is 0 Å². The van der Waals surface area contributed by atoms with Gasteiger partial charge in [0.15, 0.2) is 18.9 Å². The van der Waals surface area contributed by atoms with Gasteiger partial charge in [0.2, 0.25) is 0 Å². The van der Waals surface area contributed by atoms with Gasteiger partial charge < -0.3 is 83.5 Å². The fourth-order valence-electron chi connectivity index (χ4n) is 24.8. The van der Waals surface area contributed by atoms with Crippen LogP contribution in [-0.4, -0.2) is 214 Å². The third-order valence-corrected chi connectivity index (χ3v) is 31.2. The molecule has 0 bridgehead atoms. The van der Waals surface area contributed by atoms with Crippen molar-refractivity contribution in [3.05, 3.63) is 36.5 Å². The van der Waals surface area contributed by atoms with Crippen molar-refractivity contribution >= 4 is 24.8 Å². The minimum Gasteiger partial charge on any atom is -0.444 e. The molecule has 0 radical (unpaired) electrons. The Morgan fingerprint density at radius 2 is 0.804 bits per heavy atom. The second kappa shape index (κ2) is 37.7. The maximum absolute atomic E-state index is 11.3. The van der Waals surface area contributed by atoms with E-state index in [1.807, 2.05) is 20.8 Å². The number of carbonyl (C=O) groups is 2. The van der Waals surface area contributed by atoms with Crippen molar-refractivity contribution < 1.29 is 68.3 Å². The van der Waals surface area contributed by atoms with Crippen LogP contribution in [0.4, 0.5) is 4.79 Å². The summed E-state index contributed by atoms with van der Waals surface area (Å²) in [5.74, 6) is 7.07. The molecule has 7 aliphatic heterocycles. The van der Waals surface area contributed by atoms with Gasteiger partial charge in [0.05, 0.1) is 38.1 Å². The summed E-state index contributed by atoms with van der Waals surface area (Å²) in [5, 5.41) is 45.8. The summed E-state index contributed by atoms with van der Waals surface area (Å²) < 4.78 is 44.4. The van der Waals surface area contributed by atoms with E-state index in [0.717, 1.165) is 105 Å². The molecule has 16 aliphatic rings. The average molecular weight is 1520 g/mol. The summed E-state index contributed by atoms with van der Waals surface area (Å²) in [6.07, 6.45) is 34.9. The fraction of sp³-hybridized carbons (Fsp3) is 0.909. The van der Waals surface area contributed by atoms with Crippen LogP contribution < -0.4 is 5.32 Å². The predicted molar refractivity (Wildman–Crippen MR) is 423 cm³/mol. The number of ether oxygens (including phenoxy) is 7. The number of fused-ring (bicyclic) bond motifs is 9. The number of likely N-dealkylation sites (tertiary alicyclic amines) is 3. The predicted octanol–water partition coefficient (Wildman–Crippen LogP) is 14.2. The lowest BCUT2D eigenvalue weighted by molar-refractivity contribution is -0.316. The SMILES string of the molecule is C=C1CCC2[C@]3(C)CO[C@@H](C4CCCC4)O[C@@H]3CC[C@@]2(C)[C@@H]1CC=O.C=C1CCC2[C@]3(C)CO[C@@H](C4CCCC4)O[C@@H]3CC[C@@]2(C)[C@@H]1CCN1CC(CO)C1.C=C1CCC2[C@]3(C)CO[C@@H](C4CCCC4)O[C@@H]3CC[C@@]2(C)[C@@H]1CCN1CC(CO)C1.CC(C)(C)OC(=O)N1CC(CO)C1.CO.Cl.OCC1CNC1. The van der Waals surface area contributed by atoms with E-state index >= 15 is 0 Å². The average Bonchev–Trinajstić information content (AvgIpc) is 1.03. The summed E-state index contributed by atoms with van der Waals surface area (Å²) >= 11 is 0. The summed E-state index contributed by atoms with van der Waals surface area (Å²) in [7, 11) is 1.00. The van der Waals surface area contributed by atoms with Crippen molar-refractivity contribution in [1.82, 2.24) is 20.0 Å². The minimum atomic E-state index is -0.429. The van der Waals surface area contributed by atoms with Crippen molar-refractivity contribution in [2.24, 2.45) is 109 Å². The van der Waals surface area contributed by atoms with Crippen LogP contribution >= 0.6 is 12.4 Å². The van der Waals surface area contributed by atoms with E-state index in [9.17, 15) is 19.8 Å². The number of carbonyl (C=O) groups excluding carboxylic acids is 2. The molecule has 9 saturated carbocycles. The van der Waals surface area contributed by atoms with Gasteiger partial charge in [-0.05, 0) is 214 Å². The Kier molecular flexibility index (Phi) is 30.7. The quantitative estimate of drug-likeness (QED) is 0.0663. The Labute approximate surface area is 652 Å². The molecule has 614 valence electrons. The van der Waals surface area contributed by atoms with Gasteiger partial charge in [-0.25, -0.2) is 4.79 Å². The molecule has 9 aliphatic carbocycles. The third kappa shape index (κ3) is 19.1. The lowest BCUT2D eigenvalue weighted by atomic mass is 9.46. The zero-order valence-electron chi connectivity index (χ0n) is 68.4. The van der Waals surface area contributed by atoms with E-state index < -0.39 is 5.60 Å². The molecule has 16 fully saturated rings. The number of aliphatic hydroxyl groups excluding tert-OH is 5. The fourth-order valence-corrected chi connectivity index (χ4v) is 24.8. The van der Waals surface area contributed by atoms with Crippen molar-refractivity contribution in [1.29, 1.82) is 0 Å². The number of rotatable bonds is 15. The second-order valence-corrected chi connectivity index (χ2v) is 39.3. The molecule has 7 saturated heterocycles. The van der Waals surface area contributed by atoms with Gasteiger partial charge in [-0.2, -0.15) is 0 Å². The Hall–Kier alpha value is -2.11. The summed E-state index contributed by atoms with van der Waals surface area (Å²) in [5.41, 5.74) is 4.96. The van der Waals surface area contributed by atoms with Gasteiger partial charge in [0.1, 0.15) is 11.9 Å². The zero-order chi connectivity index (χ0) is 76.0. The number of aliphatic hydroxyl groups is 5. The summed E-state index contributed by atoms with van der Waals surface area (Å²) in [6.45, 7) is 47.4. The Bertz CT molecular complexity index is 2730. The van der Waals surface area contributed by atoms with Crippen LogP contribution in [0.2, 0.25) is 0 Å². The number of allylic oxidation sites excluding steroid dienone is 3. The van der Waals surface area contributed by atoms with Gasteiger partial charge in [-0.15, -0.1) is 12.4 Å². The molecule has 19 heteroatoms. The van der Waals surface area contributed by atoms with Crippen LogP contribution in [0.1, 0.15) is 236 Å². The van der Waals surface area contributed by atoms with Gasteiger partial charge in [-0.3, -0.25) is 0 Å². The molecular formula is C88H151ClN4O14. The molecule has 18 atom stereocenters. The summed E-state index contributed by atoms with van der Waals surface area (Å²) in [6, 6.07) is 0. The minimum absolute atomic E-state index is 0. The van der Waals surface area contributed by atoms with Crippen LogP contribution in [-0.2, 0) is 38.0 Å². The van der Waals surface area contributed by atoms with E-state index in [-0.39, 0.29) is 71.6 Å². The van der Waals surface area contributed by atoms with E-state index in [4.69, 9.17) is 48.5 Å². The third-order valence-electron chi connectivity index (χ3n) is 31.2. The number of aldehydes is 1. The van der Waals surface area contributed by atoms with Gasteiger partial charge in [-0.1, -0.05) is 117 Å². The van der Waals surface area contributed by atoms with Crippen LogP contribution in [0.5, 0.6) is 0 Å². The highest BCUT2D eigenvalue weighted by Crippen LogP contribution is 2.67. The van der Waals surface area contributed by atoms with Crippen molar-refractivity contribution in [3.8, 4) is 0 Å². The second-order valence-electron chi connectivity index (χ2n) is 39.3. The van der Waals surface area contributed by atoms with Crippen LogP contribution in [0.15, 0.2) is 36.5 Å². The maximum Gasteiger partial charge on any atom is 0.410 e. The first kappa shape index (κ1) is 87.3. The molecule has 0 aromatic rings. The van der Waals surface area contributed by atoms with Gasteiger partial charge >= 0.3 is 6.09 Å². The zero-order valence-corrected chi connectivity index (χ0v) is 69.3. The van der Waals surface area contributed by atoms with E-state index in [1.54, 1.807) is 4.90 Å². The monoisotopic (exact) mass is 1520 g/mol. The number of nitrogens with zero attached hydrogens (tertiary/aromatic N) is 3. The Morgan fingerprint density at radius 3 is 1.09 bits per heavy atom. The first-order valence-electron chi connectivity index (χ1n) is 43.0. The first-order chi connectivity index (χ1) is 50.7. The largest absolute Gasteiger partial charge is 0.444 e. The molecule has 7 heterocycles. The molecular weight excluding hydrogens is 1370 g/mol. The number of hydrogen-bond donors (Lipinski definition) is 6. The highest BCUT2D eigenvalue weighted by molar-refractivity contribution is 5.85. The topological polar surface area (TPSA) is 222 Å². The molecule has 1 amide bonds. The van der Waals surface area contributed by atoms with E-state index in [0.29, 0.717) is 139 Å². The molecule has 6 N–H and O–H groups in total. The van der Waals surface area contributed by atoms with Crippen molar-refractivity contribution in [2.75, 3.05) is 119 Å². The number of hydrogen-bond acceptors (Lipinski definition) is 17. The lowest BCUT2D eigenvalue weighted by Crippen LogP contribution is -2.62. The van der Waals surface area contributed by atoms with E-state index in [1.165, 1.54) is 164 Å². The van der Waals surface area contributed by atoms with Gasteiger partial charge in [0.25, 0.3) is 0 Å². The maximum atomic E-state index is 11.3. The number of halogens is 1. The van der Waals surface area contributed by atoms with Crippen LogP contribution in [0.25, 0.3) is 0 Å². The highest BCUT2D eigenvalue weighted by atomic mass is 35.5. The molecule has 0 spiro atoms. The van der Waals surface area contributed by atoms with Crippen LogP contribution in [0.3, 0.4) is 0 Å². The summed E-state index contributed by atoms with van der Waals surface area (Å²) in [4.78, 5) is 29.3. The normalized spacial score (nSPS) is 40.5. The molecule has 0 aromatic heterocycles. The molecule has 0 aromatic carbocycles. The van der Waals surface area contributed by atoms with Crippen molar-refractivity contribution in [2.45, 2.75) is 278 Å². The number of nitrogens with one attached hydrogen (secondary N) is 1. The van der Waals surface area contributed by atoms with Crippen LogP contribution in [0, 0.1) is 109 Å². The molecule has 107 heavy (non-hydrogen) atoms. The molecule has 3 unspecified atom stereocenters. The molecule has 18 nitrogen and oxygen atoms in total. The Balaban J connectivity index is 0.000000151. The first-order valence-corrected chi connectivity index (χ1v) is 43.0. The van der Waals surface area contributed by atoms with Gasteiger partial charge in [0, 0.05) is 150 Å². The standard InChI is InChI=1S/2C26H43NO3.C22H34O3.C9H17NO3.C4H9NO.CH4O.ClH/c2*1-18-8-9-22-25(2,21(18)11-13-27-14-19(15-27)16-28)12-10-23-26(22,3)17-29-24(30-23)20-6-4-5-7-20;1-15-8-9-18-21(2,17(15)11-13-23)12-10-19-22(18,3)14-24-20(25-19)16-6-4-5-7-16;1-9(2,3)13-8(12)10-4-7(5-10)6-11;6-3-4-1-5-2-4;1-2;/h2*19-24,28H,1,4-17H2,2-3H3;13,16-20H,1,4-12,14H2,2-3H3;7,11H,4-6H2,1-3H3;4-6H,1-3H2;2H,1H3;1H/t2*21-,22?,23-,24-,25+,26+;17-,18?,19-,20-,21+,22+;;;;/m111..../s1. The highest BCUT2D eigenvalue weighted by Gasteiger charge is 2.64. The smallest absolute Gasteiger partial charge is 0.410 e. The lowest BCUT2D eigenvalue weighted by Gasteiger charge is -2.63. The molecule has 16 rings (SSSR count). The Morgan fingerprint density at radius 1 is 0.486 bits per heavy atom.